The van der Waals surface area contributed by atoms with Gasteiger partial charge in [0.1, 0.15) is 0 Å². The molecule has 0 spiro atoms. The van der Waals surface area contributed by atoms with Crippen LogP contribution in [0.3, 0.4) is 0 Å². The first-order chi connectivity index (χ1) is 12.2. The molecule has 1 heterocycles. The van der Waals surface area contributed by atoms with E-state index in [2.05, 4.69) is 72.8 Å². The van der Waals surface area contributed by atoms with Crippen molar-refractivity contribution in [2.45, 2.75) is 72.0 Å². The maximum Gasteiger partial charge on any atom is 0.223 e. The van der Waals surface area contributed by atoms with Crippen LogP contribution in [0, 0.1) is 0 Å². The predicted octanol–water partition coefficient (Wildman–Crippen LogP) is 5.24. The molecule has 0 saturated heterocycles. The van der Waals surface area contributed by atoms with Crippen molar-refractivity contribution in [2.75, 3.05) is 0 Å². The number of benzene rings is 1. The average Bonchev–Trinajstić information content (AvgIpc) is 3.06. The van der Waals surface area contributed by atoms with Gasteiger partial charge in [-0.05, 0) is 37.5 Å². The van der Waals surface area contributed by atoms with Crippen LogP contribution in [0.15, 0.2) is 48.7 Å². The summed E-state index contributed by atoms with van der Waals surface area (Å²) in [5.41, 5.74) is 2.48. The highest BCUT2D eigenvalue weighted by atomic mass is 16.2. The number of nitrogens with zero attached hydrogens (tertiary/aromatic N) is 2. The summed E-state index contributed by atoms with van der Waals surface area (Å²) < 4.78 is 2.25. The van der Waals surface area contributed by atoms with E-state index in [1.807, 2.05) is 6.07 Å². The van der Waals surface area contributed by atoms with E-state index in [1.165, 1.54) is 11.3 Å². The van der Waals surface area contributed by atoms with Crippen molar-refractivity contribution in [1.29, 1.82) is 0 Å². The third-order valence-electron chi connectivity index (χ3n) is 4.89. The molecule has 1 amide bonds. The molecule has 136 valence electrons. The van der Waals surface area contributed by atoms with Crippen LogP contribution >= 0.6 is 0 Å². The van der Waals surface area contributed by atoms with Crippen molar-refractivity contribution >= 4 is 5.91 Å². The minimum Gasteiger partial charge on any atom is -0.345 e. The fourth-order valence-electron chi connectivity index (χ4n) is 3.08. The van der Waals surface area contributed by atoms with Crippen molar-refractivity contribution < 1.29 is 4.79 Å². The first kappa shape index (κ1) is 19.3. The molecule has 0 bridgehead atoms. The van der Waals surface area contributed by atoms with E-state index in [-0.39, 0.29) is 11.9 Å². The SMILES string of the molecule is CCCCCC(=O)N(Cc1cccn1Cc1ccccc1)C(C)CC. The first-order valence-electron chi connectivity index (χ1n) is 9.63. The Morgan fingerprint density at radius 3 is 2.52 bits per heavy atom. The van der Waals surface area contributed by atoms with Crippen LogP contribution in [0.25, 0.3) is 0 Å². The summed E-state index contributed by atoms with van der Waals surface area (Å²) in [6, 6.07) is 15.0. The number of hydrogen-bond acceptors (Lipinski definition) is 1. The molecule has 0 saturated carbocycles. The van der Waals surface area contributed by atoms with E-state index < -0.39 is 0 Å². The van der Waals surface area contributed by atoms with Gasteiger partial charge in [0.05, 0.1) is 6.54 Å². The fourth-order valence-corrected chi connectivity index (χ4v) is 3.08. The highest BCUT2D eigenvalue weighted by Crippen LogP contribution is 2.16. The Morgan fingerprint density at radius 1 is 1.08 bits per heavy atom. The maximum atomic E-state index is 12.7. The number of rotatable bonds is 10. The van der Waals surface area contributed by atoms with Crippen LogP contribution in [-0.4, -0.2) is 21.4 Å². The molecule has 0 aliphatic rings. The highest BCUT2D eigenvalue weighted by Gasteiger charge is 2.20. The number of carbonyl (C=O) groups is 1. The lowest BCUT2D eigenvalue weighted by Crippen LogP contribution is -2.38. The average molecular weight is 341 g/mol. The van der Waals surface area contributed by atoms with Crippen LogP contribution in [0.1, 0.15) is 64.1 Å². The quantitative estimate of drug-likeness (QED) is 0.543. The Balaban J connectivity index is 2.08. The Hall–Kier alpha value is -2.03. The minimum atomic E-state index is 0.272. The first-order valence-corrected chi connectivity index (χ1v) is 9.63. The Labute approximate surface area is 152 Å². The molecule has 2 rings (SSSR count). The Bertz CT molecular complexity index is 632. The molecule has 0 aliphatic heterocycles. The standard InChI is InChI=1S/C22H32N2O/c1-4-6-8-15-22(25)24(19(3)5-2)18-21-14-11-16-23(21)17-20-12-9-7-10-13-20/h7,9-14,16,19H,4-6,8,15,17-18H2,1-3H3. The molecule has 0 fully saturated rings. The second-order valence-electron chi connectivity index (χ2n) is 6.85. The zero-order valence-electron chi connectivity index (χ0n) is 15.9. The van der Waals surface area contributed by atoms with Crippen LogP contribution < -0.4 is 0 Å². The second kappa shape index (κ2) is 10.1. The van der Waals surface area contributed by atoms with Gasteiger partial charge in [0.2, 0.25) is 5.91 Å². The lowest BCUT2D eigenvalue weighted by molar-refractivity contribution is -0.134. The van der Waals surface area contributed by atoms with E-state index in [9.17, 15) is 4.79 Å². The summed E-state index contributed by atoms with van der Waals surface area (Å²) in [5.74, 6) is 0.287. The number of aromatic nitrogens is 1. The molecular formula is C22H32N2O. The molecule has 1 unspecified atom stereocenters. The van der Waals surface area contributed by atoms with Gasteiger partial charge in [-0.1, -0.05) is 57.0 Å². The van der Waals surface area contributed by atoms with Crippen molar-refractivity contribution in [3.8, 4) is 0 Å². The lowest BCUT2D eigenvalue weighted by atomic mass is 10.1. The van der Waals surface area contributed by atoms with E-state index in [0.717, 1.165) is 32.2 Å². The number of unbranched alkanes of at least 4 members (excludes halogenated alkanes) is 2. The van der Waals surface area contributed by atoms with E-state index >= 15 is 0 Å². The summed E-state index contributed by atoms with van der Waals surface area (Å²) in [4.78, 5) is 14.8. The molecule has 0 radical (unpaired) electrons. The molecule has 1 aromatic carbocycles. The van der Waals surface area contributed by atoms with Gasteiger partial charge in [-0.3, -0.25) is 4.79 Å². The molecule has 2 aromatic rings. The molecule has 0 aliphatic carbocycles. The van der Waals surface area contributed by atoms with Gasteiger partial charge in [-0.15, -0.1) is 0 Å². The zero-order valence-corrected chi connectivity index (χ0v) is 15.9. The summed E-state index contributed by atoms with van der Waals surface area (Å²) >= 11 is 0. The number of hydrogen-bond donors (Lipinski definition) is 0. The van der Waals surface area contributed by atoms with Gasteiger partial charge in [-0.25, -0.2) is 0 Å². The normalized spacial score (nSPS) is 12.1. The third-order valence-corrected chi connectivity index (χ3v) is 4.89. The van der Waals surface area contributed by atoms with Crippen LogP contribution in [0.5, 0.6) is 0 Å². The monoisotopic (exact) mass is 340 g/mol. The summed E-state index contributed by atoms with van der Waals surface area (Å²) in [7, 11) is 0. The van der Waals surface area contributed by atoms with Crippen LogP contribution in [0.4, 0.5) is 0 Å². The van der Waals surface area contributed by atoms with Gasteiger partial charge in [0.15, 0.2) is 0 Å². The van der Waals surface area contributed by atoms with Crippen LogP contribution in [0.2, 0.25) is 0 Å². The smallest absolute Gasteiger partial charge is 0.223 e. The topological polar surface area (TPSA) is 25.2 Å². The molecular weight excluding hydrogens is 308 g/mol. The van der Waals surface area contributed by atoms with Gasteiger partial charge in [0.25, 0.3) is 0 Å². The summed E-state index contributed by atoms with van der Waals surface area (Å²) in [6.45, 7) is 8.02. The highest BCUT2D eigenvalue weighted by molar-refractivity contribution is 5.76. The minimum absolute atomic E-state index is 0.272. The molecule has 1 atom stereocenters. The second-order valence-corrected chi connectivity index (χ2v) is 6.85. The molecule has 3 nitrogen and oxygen atoms in total. The van der Waals surface area contributed by atoms with Crippen molar-refractivity contribution in [3.05, 3.63) is 59.9 Å². The molecule has 1 aromatic heterocycles. The van der Waals surface area contributed by atoms with Gasteiger partial charge in [0, 0.05) is 30.9 Å². The lowest BCUT2D eigenvalue weighted by Gasteiger charge is -2.29. The van der Waals surface area contributed by atoms with Gasteiger partial charge in [-0.2, -0.15) is 0 Å². The number of amides is 1. The van der Waals surface area contributed by atoms with E-state index in [0.29, 0.717) is 13.0 Å². The van der Waals surface area contributed by atoms with Gasteiger partial charge < -0.3 is 9.47 Å². The Kier molecular flexibility index (Phi) is 7.77. The van der Waals surface area contributed by atoms with Crippen LogP contribution in [-0.2, 0) is 17.9 Å². The molecule has 0 N–H and O–H groups in total. The summed E-state index contributed by atoms with van der Waals surface area (Å²) in [6.07, 6.45) is 7.03. The Morgan fingerprint density at radius 2 is 1.84 bits per heavy atom. The molecule has 3 heteroatoms. The summed E-state index contributed by atoms with van der Waals surface area (Å²) in [5, 5.41) is 0. The third kappa shape index (κ3) is 5.77. The van der Waals surface area contributed by atoms with E-state index in [1.54, 1.807) is 0 Å². The zero-order chi connectivity index (χ0) is 18.1. The van der Waals surface area contributed by atoms with Crippen molar-refractivity contribution in [3.63, 3.8) is 0 Å². The van der Waals surface area contributed by atoms with Gasteiger partial charge >= 0.3 is 0 Å². The molecule has 25 heavy (non-hydrogen) atoms. The predicted molar refractivity (Wildman–Crippen MR) is 104 cm³/mol. The van der Waals surface area contributed by atoms with Crippen molar-refractivity contribution in [1.82, 2.24) is 9.47 Å². The fraction of sp³-hybridized carbons (Fsp3) is 0.500. The van der Waals surface area contributed by atoms with E-state index in [4.69, 9.17) is 0 Å². The maximum absolute atomic E-state index is 12.7. The number of carbonyl (C=O) groups excluding carboxylic acids is 1. The largest absolute Gasteiger partial charge is 0.345 e. The van der Waals surface area contributed by atoms with Crippen molar-refractivity contribution in [2.24, 2.45) is 0 Å².